The summed E-state index contributed by atoms with van der Waals surface area (Å²) < 4.78 is 0. The largest absolute Gasteiger partial charge is 0.337 e. The molecule has 0 saturated carbocycles. The van der Waals surface area contributed by atoms with E-state index in [9.17, 15) is 14.4 Å². The van der Waals surface area contributed by atoms with Crippen LogP contribution in [0.5, 0.6) is 0 Å². The molecule has 6 nitrogen and oxygen atoms in total. The number of carbonyl (C=O) groups is 2. The van der Waals surface area contributed by atoms with Crippen molar-refractivity contribution >= 4 is 28.4 Å². The zero-order chi connectivity index (χ0) is 19.3. The fourth-order valence-electron chi connectivity index (χ4n) is 4.48. The van der Waals surface area contributed by atoms with Crippen LogP contribution in [0.1, 0.15) is 28.8 Å². The average molecular weight is 373 g/mol. The number of nitrogens with one attached hydrogen (secondary N) is 2. The minimum Gasteiger partial charge on any atom is -0.337 e. The van der Waals surface area contributed by atoms with E-state index in [0.29, 0.717) is 24.9 Å². The number of aromatic amines is 1. The van der Waals surface area contributed by atoms with Gasteiger partial charge in [-0.2, -0.15) is 0 Å². The summed E-state index contributed by atoms with van der Waals surface area (Å²) in [7, 11) is 0. The highest BCUT2D eigenvalue weighted by Gasteiger charge is 2.50. The Morgan fingerprint density at radius 3 is 2.71 bits per heavy atom. The van der Waals surface area contributed by atoms with Gasteiger partial charge in [0.25, 0.3) is 11.5 Å². The van der Waals surface area contributed by atoms with Crippen molar-refractivity contribution in [3.8, 4) is 0 Å². The van der Waals surface area contributed by atoms with E-state index in [2.05, 4.69) is 10.3 Å². The van der Waals surface area contributed by atoms with Crippen molar-refractivity contribution in [1.82, 2.24) is 9.88 Å². The van der Waals surface area contributed by atoms with Gasteiger partial charge in [-0.3, -0.25) is 14.4 Å². The number of likely N-dealkylation sites (tertiary alicyclic amines) is 1. The van der Waals surface area contributed by atoms with Gasteiger partial charge in [-0.1, -0.05) is 36.4 Å². The molecule has 0 aliphatic carbocycles. The number of carbonyl (C=O) groups excluding carboxylic acids is 2. The third-order valence-corrected chi connectivity index (χ3v) is 5.89. The highest BCUT2D eigenvalue weighted by molar-refractivity contribution is 6.07. The Morgan fingerprint density at radius 2 is 1.82 bits per heavy atom. The van der Waals surface area contributed by atoms with Crippen LogP contribution in [0.15, 0.2) is 59.4 Å². The Bertz CT molecular complexity index is 1180. The van der Waals surface area contributed by atoms with Crippen molar-refractivity contribution in [2.45, 2.75) is 18.3 Å². The monoisotopic (exact) mass is 373 g/mol. The number of hydrogen-bond acceptors (Lipinski definition) is 3. The van der Waals surface area contributed by atoms with E-state index in [4.69, 9.17) is 0 Å². The van der Waals surface area contributed by atoms with E-state index >= 15 is 0 Å². The van der Waals surface area contributed by atoms with Gasteiger partial charge >= 0.3 is 0 Å². The zero-order valence-electron chi connectivity index (χ0n) is 15.2. The van der Waals surface area contributed by atoms with Crippen molar-refractivity contribution < 1.29 is 9.59 Å². The van der Waals surface area contributed by atoms with Crippen molar-refractivity contribution in [2.75, 3.05) is 18.4 Å². The van der Waals surface area contributed by atoms with E-state index in [1.165, 1.54) is 0 Å². The fraction of sp³-hybridized carbons (Fsp3) is 0.227. The number of piperidine rings is 1. The van der Waals surface area contributed by atoms with Crippen LogP contribution in [0, 0.1) is 0 Å². The normalized spacial score (nSPS) is 21.0. The Morgan fingerprint density at radius 1 is 1.04 bits per heavy atom. The molecule has 2 aromatic carbocycles. The summed E-state index contributed by atoms with van der Waals surface area (Å²) in [5.41, 5.74) is 1.41. The molecule has 1 atom stereocenters. The standard InChI is InChI=1S/C22H19N3O3/c26-19-15(12-14-6-1-3-8-17(14)23-19)20(27)25-11-5-10-22(13-25)16-7-2-4-9-18(16)24-21(22)28/h1-4,6-9,12H,5,10-11,13H2,(H,23,26)(H,24,28)/t22-/m0/s1. The summed E-state index contributed by atoms with van der Waals surface area (Å²) in [4.78, 5) is 43.0. The molecular formula is C22H19N3O3. The van der Waals surface area contributed by atoms with Crippen LogP contribution in [-0.4, -0.2) is 34.8 Å². The minimum atomic E-state index is -0.742. The zero-order valence-corrected chi connectivity index (χ0v) is 15.2. The molecule has 0 bridgehead atoms. The van der Waals surface area contributed by atoms with E-state index in [1.54, 1.807) is 17.0 Å². The maximum atomic E-state index is 13.2. The fourth-order valence-corrected chi connectivity index (χ4v) is 4.48. The number of H-pyrrole nitrogens is 1. The first-order valence-electron chi connectivity index (χ1n) is 9.41. The molecule has 2 N–H and O–H groups in total. The number of pyridine rings is 1. The number of nitrogens with zero attached hydrogens (tertiary/aromatic N) is 1. The van der Waals surface area contributed by atoms with Gasteiger partial charge in [0.2, 0.25) is 5.91 Å². The Balaban J connectivity index is 1.53. The van der Waals surface area contributed by atoms with Crippen LogP contribution < -0.4 is 10.9 Å². The van der Waals surface area contributed by atoms with Crippen LogP contribution in [0.4, 0.5) is 5.69 Å². The molecule has 6 heteroatoms. The molecule has 1 fully saturated rings. The summed E-state index contributed by atoms with van der Waals surface area (Å²) in [6.45, 7) is 0.809. The maximum Gasteiger partial charge on any atom is 0.261 e. The van der Waals surface area contributed by atoms with E-state index in [1.807, 2.05) is 42.5 Å². The summed E-state index contributed by atoms with van der Waals surface area (Å²) in [6, 6.07) is 16.6. The number of hydrogen-bond donors (Lipinski definition) is 2. The third kappa shape index (κ3) is 2.37. The van der Waals surface area contributed by atoms with Crippen LogP contribution >= 0.6 is 0 Å². The molecule has 2 amide bonds. The number of aromatic nitrogens is 1. The topological polar surface area (TPSA) is 82.3 Å². The number of para-hydroxylation sites is 2. The first kappa shape index (κ1) is 16.7. The molecule has 1 saturated heterocycles. The van der Waals surface area contributed by atoms with Gasteiger partial charge in [-0.25, -0.2) is 0 Å². The smallest absolute Gasteiger partial charge is 0.261 e. The molecule has 2 aliphatic heterocycles. The molecule has 3 heterocycles. The van der Waals surface area contributed by atoms with Crippen LogP contribution in [-0.2, 0) is 10.2 Å². The molecule has 2 aliphatic rings. The molecule has 140 valence electrons. The van der Waals surface area contributed by atoms with Gasteiger partial charge in [-0.05, 0) is 42.0 Å². The highest BCUT2D eigenvalue weighted by Crippen LogP contribution is 2.43. The second kappa shape index (κ2) is 6.05. The third-order valence-electron chi connectivity index (χ3n) is 5.89. The number of fused-ring (bicyclic) bond motifs is 3. The molecule has 0 radical (unpaired) electrons. The second-order valence-electron chi connectivity index (χ2n) is 7.51. The van der Waals surface area contributed by atoms with Crippen molar-refractivity contribution in [2.24, 2.45) is 0 Å². The first-order valence-corrected chi connectivity index (χ1v) is 9.41. The number of anilines is 1. The Labute approximate surface area is 161 Å². The van der Waals surface area contributed by atoms with Gasteiger partial charge in [0, 0.05) is 24.3 Å². The van der Waals surface area contributed by atoms with Crippen molar-refractivity contribution in [3.05, 3.63) is 76.1 Å². The van der Waals surface area contributed by atoms with Crippen molar-refractivity contribution in [3.63, 3.8) is 0 Å². The summed E-state index contributed by atoms with van der Waals surface area (Å²) in [5.74, 6) is -0.401. The Kier molecular flexibility index (Phi) is 3.62. The number of rotatable bonds is 1. The summed E-state index contributed by atoms with van der Waals surface area (Å²) >= 11 is 0. The highest BCUT2D eigenvalue weighted by atomic mass is 16.2. The number of benzene rings is 2. The predicted molar refractivity (Wildman–Crippen MR) is 106 cm³/mol. The van der Waals surface area contributed by atoms with Gasteiger partial charge < -0.3 is 15.2 Å². The molecule has 0 unspecified atom stereocenters. The summed E-state index contributed by atoms with van der Waals surface area (Å²) in [5, 5.41) is 3.75. The molecule has 1 aromatic heterocycles. The second-order valence-corrected chi connectivity index (χ2v) is 7.51. The molecule has 3 aromatic rings. The molecular weight excluding hydrogens is 354 g/mol. The summed E-state index contributed by atoms with van der Waals surface area (Å²) in [6.07, 6.45) is 1.40. The van der Waals surface area contributed by atoms with E-state index < -0.39 is 11.0 Å². The van der Waals surface area contributed by atoms with Gasteiger partial charge in [-0.15, -0.1) is 0 Å². The lowest BCUT2D eigenvalue weighted by Gasteiger charge is -2.39. The van der Waals surface area contributed by atoms with Gasteiger partial charge in [0.15, 0.2) is 0 Å². The molecule has 1 spiro atoms. The number of amides is 2. The van der Waals surface area contributed by atoms with Crippen LogP contribution in [0.3, 0.4) is 0 Å². The van der Waals surface area contributed by atoms with E-state index in [0.717, 1.165) is 16.6 Å². The lowest BCUT2D eigenvalue weighted by Crippen LogP contribution is -2.52. The van der Waals surface area contributed by atoms with Crippen LogP contribution in [0.2, 0.25) is 0 Å². The lowest BCUT2D eigenvalue weighted by atomic mass is 9.75. The van der Waals surface area contributed by atoms with Crippen LogP contribution in [0.25, 0.3) is 10.9 Å². The SMILES string of the molecule is O=C(c1cc2ccccc2[nH]c1=O)N1CCC[C@@]2(C1)C(=O)Nc1ccccc12. The van der Waals surface area contributed by atoms with Gasteiger partial charge in [0.1, 0.15) is 5.56 Å². The maximum absolute atomic E-state index is 13.2. The predicted octanol–water partition coefficient (Wildman–Crippen LogP) is 2.65. The lowest BCUT2D eigenvalue weighted by molar-refractivity contribution is -0.122. The van der Waals surface area contributed by atoms with E-state index in [-0.39, 0.29) is 23.9 Å². The average Bonchev–Trinajstić information content (AvgIpc) is 2.98. The quantitative estimate of drug-likeness (QED) is 0.688. The minimum absolute atomic E-state index is 0.0707. The van der Waals surface area contributed by atoms with Gasteiger partial charge in [0.05, 0.1) is 5.41 Å². The van der Waals surface area contributed by atoms with Crippen molar-refractivity contribution in [1.29, 1.82) is 0 Å². The first-order chi connectivity index (χ1) is 13.6. The molecule has 28 heavy (non-hydrogen) atoms. The molecule has 5 rings (SSSR count). The Hall–Kier alpha value is -3.41.